The van der Waals surface area contributed by atoms with Gasteiger partial charge in [0, 0.05) is 28.7 Å². The summed E-state index contributed by atoms with van der Waals surface area (Å²) < 4.78 is 30.1. The molecule has 1 amide bonds. The van der Waals surface area contributed by atoms with Crippen LogP contribution >= 0.6 is 0 Å². The van der Waals surface area contributed by atoms with Crippen molar-refractivity contribution in [1.82, 2.24) is 9.88 Å². The number of rotatable bonds is 5. The first-order valence-electron chi connectivity index (χ1n) is 11.0. The lowest BCUT2D eigenvalue weighted by atomic mass is 9.91. The number of hydrogen-bond acceptors (Lipinski definition) is 4. The van der Waals surface area contributed by atoms with Crippen LogP contribution in [0.25, 0.3) is 10.9 Å². The second-order valence-corrected chi connectivity index (χ2v) is 8.18. The minimum Gasteiger partial charge on any atom is -0.493 e. The number of aromatic amines is 1. The zero-order valence-electron chi connectivity index (χ0n) is 19.2. The van der Waals surface area contributed by atoms with Crippen LogP contribution in [-0.2, 0) is 6.42 Å². The van der Waals surface area contributed by atoms with Crippen LogP contribution in [0.4, 0.5) is 4.39 Å². The number of halogens is 1. The lowest BCUT2D eigenvalue weighted by Gasteiger charge is -2.36. The number of methoxy groups -OCH3 is 3. The summed E-state index contributed by atoms with van der Waals surface area (Å²) in [7, 11) is 4.56. The first-order valence-corrected chi connectivity index (χ1v) is 11.0. The summed E-state index contributed by atoms with van der Waals surface area (Å²) in [5, 5.41) is 1.14. The largest absolute Gasteiger partial charge is 0.493 e. The molecule has 6 nitrogen and oxygen atoms in total. The Labute approximate surface area is 196 Å². The number of amides is 1. The highest BCUT2D eigenvalue weighted by molar-refractivity contribution is 5.97. The minimum atomic E-state index is -0.400. The van der Waals surface area contributed by atoms with Crippen molar-refractivity contribution in [3.05, 3.63) is 88.9 Å². The van der Waals surface area contributed by atoms with Gasteiger partial charge in [-0.2, -0.15) is 0 Å². The molecule has 1 aliphatic rings. The fourth-order valence-electron chi connectivity index (χ4n) is 4.82. The number of nitrogens with zero attached hydrogens (tertiary/aromatic N) is 1. The van der Waals surface area contributed by atoms with Crippen molar-refractivity contribution in [2.24, 2.45) is 0 Å². The molecule has 174 valence electrons. The fourth-order valence-corrected chi connectivity index (χ4v) is 4.82. The molecule has 0 fully saturated rings. The van der Waals surface area contributed by atoms with Crippen LogP contribution < -0.4 is 14.2 Å². The number of nitrogens with one attached hydrogen (secondary N) is 1. The number of fused-ring (bicyclic) bond motifs is 3. The third-order valence-electron chi connectivity index (χ3n) is 6.39. The summed E-state index contributed by atoms with van der Waals surface area (Å²) in [5.74, 6) is 0.740. The van der Waals surface area contributed by atoms with Crippen LogP contribution in [0, 0.1) is 5.82 Å². The van der Waals surface area contributed by atoms with E-state index in [1.54, 1.807) is 24.3 Å². The van der Waals surface area contributed by atoms with E-state index in [0.29, 0.717) is 35.8 Å². The van der Waals surface area contributed by atoms with E-state index in [1.165, 1.54) is 39.0 Å². The first-order chi connectivity index (χ1) is 16.5. The third-order valence-corrected chi connectivity index (χ3v) is 6.39. The second kappa shape index (κ2) is 8.74. The van der Waals surface area contributed by atoms with Crippen molar-refractivity contribution in [3.63, 3.8) is 0 Å². The molecule has 1 atom stereocenters. The second-order valence-electron chi connectivity index (χ2n) is 8.18. The van der Waals surface area contributed by atoms with Gasteiger partial charge in [0.05, 0.1) is 27.4 Å². The summed E-state index contributed by atoms with van der Waals surface area (Å²) in [6.07, 6.45) is 0.702. The molecular weight excluding hydrogens is 435 g/mol. The molecule has 0 saturated heterocycles. The van der Waals surface area contributed by atoms with E-state index >= 15 is 0 Å². The molecule has 5 rings (SSSR count). The molecule has 1 N–H and O–H groups in total. The van der Waals surface area contributed by atoms with Gasteiger partial charge in [-0.1, -0.05) is 30.3 Å². The van der Waals surface area contributed by atoms with Gasteiger partial charge in [-0.25, -0.2) is 4.39 Å². The molecule has 34 heavy (non-hydrogen) atoms. The van der Waals surface area contributed by atoms with E-state index < -0.39 is 6.04 Å². The molecule has 0 aliphatic carbocycles. The number of carbonyl (C=O) groups excluding carboxylic acids is 1. The van der Waals surface area contributed by atoms with Gasteiger partial charge in [-0.15, -0.1) is 0 Å². The van der Waals surface area contributed by atoms with Gasteiger partial charge in [-0.05, 0) is 47.9 Å². The predicted molar refractivity (Wildman–Crippen MR) is 127 cm³/mol. The van der Waals surface area contributed by atoms with Gasteiger partial charge in [0.15, 0.2) is 11.5 Å². The van der Waals surface area contributed by atoms with Crippen LogP contribution in [0.2, 0.25) is 0 Å². The SMILES string of the molecule is COc1cc(C(=O)N2CCc3c([nH]c4ccccc34)[C@H]2c2ccc(F)cc2)cc(OC)c1OC. The molecule has 0 radical (unpaired) electrons. The van der Waals surface area contributed by atoms with Gasteiger partial charge in [0.2, 0.25) is 5.75 Å². The highest BCUT2D eigenvalue weighted by atomic mass is 19.1. The van der Waals surface area contributed by atoms with Crippen molar-refractivity contribution in [2.75, 3.05) is 27.9 Å². The molecule has 1 aliphatic heterocycles. The zero-order valence-corrected chi connectivity index (χ0v) is 19.2. The Morgan fingerprint density at radius 2 is 1.65 bits per heavy atom. The smallest absolute Gasteiger partial charge is 0.254 e. The van der Waals surface area contributed by atoms with E-state index in [4.69, 9.17) is 14.2 Å². The van der Waals surface area contributed by atoms with Crippen LogP contribution in [0.15, 0.2) is 60.7 Å². The third kappa shape index (κ3) is 3.53. The van der Waals surface area contributed by atoms with Crippen LogP contribution in [0.3, 0.4) is 0 Å². The summed E-state index contributed by atoms with van der Waals surface area (Å²) in [6, 6.07) is 17.3. The summed E-state index contributed by atoms with van der Waals surface area (Å²) in [6.45, 7) is 0.506. The Balaban J connectivity index is 1.64. The molecule has 1 aromatic heterocycles. The van der Waals surface area contributed by atoms with Gasteiger partial charge >= 0.3 is 0 Å². The maximum atomic E-state index is 13.9. The van der Waals surface area contributed by atoms with E-state index in [1.807, 2.05) is 23.1 Å². The molecular formula is C27H25FN2O4. The van der Waals surface area contributed by atoms with Crippen molar-refractivity contribution in [3.8, 4) is 17.2 Å². The van der Waals surface area contributed by atoms with E-state index in [-0.39, 0.29) is 11.7 Å². The Hall–Kier alpha value is -4.00. The Bertz CT molecular complexity index is 1340. The van der Waals surface area contributed by atoms with Crippen LogP contribution in [-0.4, -0.2) is 43.7 Å². The van der Waals surface area contributed by atoms with E-state index in [0.717, 1.165) is 22.2 Å². The summed E-state index contributed by atoms with van der Waals surface area (Å²) in [5.41, 5.74) is 4.39. The number of ether oxygens (including phenoxy) is 3. The van der Waals surface area contributed by atoms with Crippen molar-refractivity contribution < 1.29 is 23.4 Å². The molecule has 0 spiro atoms. The zero-order chi connectivity index (χ0) is 23.8. The maximum absolute atomic E-state index is 13.9. The molecule has 7 heteroatoms. The van der Waals surface area contributed by atoms with Crippen LogP contribution in [0.5, 0.6) is 17.2 Å². The Morgan fingerprint density at radius 3 is 2.29 bits per heavy atom. The molecule has 2 heterocycles. The number of carbonyl (C=O) groups is 1. The quantitative estimate of drug-likeness (QED) is 0.449. The van der Waals surface area contributed by atoms with E-state index in [9.17, 15) is 9.18 Å². The molecule has 0 bridgehead atoms. The van der Waals surface area contributed by atoms with Crippen molar-refractivity contribution >= 4 is 16.8 Å². The number of H-pyrrole nitrogens is 1. The minimum absolute atomic E-state index is 0.183. The lowest BCUT2D eigenvalue weighted by Crippen LogP contribution is -2.40. The first kappa shape index (κ1) is 21.8. The van der Waals surface area contributed by atoms with Crippen molar-refractivity contribution in [1.29, 1.82) is 0 Å². The lowest BCUT2D eigenvalue weighted by molar-refractivity contribution is 0.0691. The average molecular weight is 461 g/mol. The number of aromatic nitrogens is 1. The van der Waals surface area contributed by atoms with Gasteiger partial charge < -0.3 is 24.1 Å². The Morgan fingerprint density at radius 1 is 0.971 bits per heavy atom. The number of benzene rings is 3. The van der Waals surface area contributed by atoms with E-state index in [2.05, 4.69) is 11.1 Å². The molecule has 0 unspecified atom stereocenters. The standard InChI is InChI=1S/C27H25FN2O4/c1-32-22-14-17(15-23(33-2)26(22)34-3)27(31)30-13-12-20-19-6-4-5-7-21(19)29-24(20)25(30)16-8-10-18(28)11-9-16/h4-11,14-15,25,29H,12-13H2,1-3H3/t25-/m1/s1. The average Bonchev–Trinajstić information content (AvgIpc) is 3.26. The number of hydrogen-bond donors (Lipinski definition) is 1. The number of para-hydroxylation sites is 1. The van der Waals surface area contributed by atoms with Gasteiger partial charge in [-0.3, -0.25) is 4.79 Å². The molecule has 0 saturated carbocycles. The summed E-state index contributed by atoms with van der Waals surface area (Å²) >= 11 is 0. The predicted octanol–water partition coefficient (Wildman–Crippen LogP) is 5.12. The highest BCUT2D eigenvalue weighted by Crippen LogP contribution is 2.42. The molecule has 3 aromatic carbocycles. The van der Waals surface area contributed by atoms with Gasteiger partial charge in [0.25, 0.3) is 5.91 Å². The molecule has 4 aromatic rings. The highest BCUT2D eigenvalue weighted by Gasteiger charge is 2.35. The van der Waals surface area contributed by atoms with Crippen LogP contribution in [0.1, 0.15) is 33.2 Å². The topological polar surface area (TPSA) is 63.8 Å². The Kier molecular flexibility index (Phi) is 5.61. The monoisotopic (exact) mass is 460 g/mol. The summed E-state index contributed by atoms with van der Waals surface area (Å²) in [4.78, 5) is 19.2. The van der Waals surface area contributed by atoms with Gasteiger partial charge in [0.1, 0.15) is 5.82 Å². The normalized spacial score (nSPS) is 15.2. The maximum Gasteiger partial charge on any atom is 0.254 e. The fraction of sp³-hybridized carbons (Fsp3) is 0.222. The van der Waals surface area contributed by atoms with Crippen molar-refractivity contribution in [2.45, 2.75) is 12.5 Å².